The zero-order valence-electron chi connectivity index (χ0n) is 23.0. The van der Waals surface area contributed by atoms with Crippen molar-refractivity contribution in [3.05, 3.63) is 0 Å². The molecule has 0 radical (unpaired) electrons. The highest BCUT2D eigenvalue weighted by Gasteiger charge is 2.60. The molecular weight excluding hydrogens is 402 g/mol. The Morgan fingerprint density at radius 3 is 2.39 bits per heavy atom. The van der Waals surface area contributed by atoms with Crippen molar-refractivity contribution < 1.29 is 4.74 Å². The summed E-state index contributed by atoms with van der Waals surface area (Å²) in [4.78, 5) is 0. The van der Waals surface area contributed by atoms with E-state index in [0.29, 0.717) is 10.8 Å². The second-order valence-corrected chi connectivity index (χ2v) is 13.4. The number of unbranched alkanes of at least 4 members (excludes halogenated alkanes) is 3. The van der Waals surface area contributed by atoms with Gasteiger partial charge in [0.25, 0.3) is 0 Å². The van der Waals surface area contributed by atoms with E-state index in [4.69, 9.17) is 4.74 Å². The molecule has 0 aromatic carbocycles. The van der Waals surface area contributed by atoms with Gasteiger partial charge in [0.1, 0.15) is 0 Å². The molecule has 0 amide bonds. The van der Waals surface area contributed by atoms with Gasteiger partial charge >= 0.3 is 0 Å². The SMILES string of the molecule is CCCCCCOCCC[C@@H](C)[C@H]1CCC2C3CC[C@@H]4C[C@@H](NC)CC[C@]4(C)C3CC[C@@]21C. The van der Waals surface area contributed by atoms with Gasteiger partial charge in [-0.25, -0.2) is 0 Å². The fraction of sp³-hybridized carbons (Fsp3) is 1.00. The van der Waals surface area contributed by atoms with Crippen LogP contribution in [0.1, 0.15) is 124 Å². The molecule has 192 valence electrons. The highest BCUT2D eigenvalue weighted by atomic mass is 16.5. The normalized spacial score (nSPS) is 43.5. The molecule has 0 saturated heterocycles. The Morgan fingerprint density at radius 1 is 0.848 bits per heavy atom. The Balaban J connectivity index is 1.29. The van der Waals surface area contributed by atoms with E-state index in [0.717, 1.165) is 54.8 Å². The predicted octanol–water partition coefficient (Wildman–Crippen LogP) is 8.25. The first-order chi connectivity index (χ1) is 15.9. The van der Waals surface area contributed by atoms with Crippen molar-refractivity contribution in [3.8, 4) is 0 Å². The average Bonchev–Trinajstić information content (AvgIpc) is 3.17. The maximum Gasteiger partial charge on any atom is 0.0466 e. The molecule has 4 saturated carbocycles. The molecule has 4 aliphatic carbocycles. The molecule has 4 rings (SSSR count). The first kappa shape index (κ1) is 26.0. The fourth-order valence-electron chi connectivity index (χ4n) is 9.94. The number of hydrogen-bond donors (Lipinski definition) is 1. The van der Waals surface area contributed by atoms with Crippen LogP contribution in [0, 0.1) is 46.3 Å². The molecule has 9 atom stereocenters. The zero-order valence-corrected chi connectivity index (χ0v) is 23.0. The van der Waals surface area contributed by atoms with Crippen LogP contribution in [0.25, 0.3) is 0 Å². The summed E-state index contributed by atoms with van der Waals surface area (Å²) < 4.78 is 5.97. The highest BCUT2D eigenvalue weighted by Crippen LogP contribution is 2.68. The topological polar surface area (TPSA) is 21.3 Å². The van der Waals surface area contributed by atoms with Crippen molar-refractivity contribution in [2.75, 3.05) is 20.3 Å². The molecule has 4 aliphatic rings. The third kappa shape index (κ3) is 5.23. The van der Waals surface area contributed by atoms with Gasteiger partial charge in [0.05, 0.1) is 0 Å². The van der Waals surface area contributed by atoms with E-state index in [2.05, 4.69) is 40.1 Å². The Bertz CT molecular complexity index is 606. The lowest BCUT2D eigenvalue weighted by molar-refractivity contribution is -0.117. The second kappa shape index (κ2) is 11.3. The first-order valence-corrected chi connectivity index (χ1v) is 15.2. The molecule has 0 aromatic rings. The average molecular weight is 460 g/mol. The summed E-state index contributed by atoms with van der Waals surface area (Å²) in [7, 11) is 2.19. The van der Waals surface area contributed by atoms with Crippen LogP contribution in [0.5, 0.6) is 0 Å². The molecule has 0 heterocycles. The molecule has 4 fully saturated rings. The Morgan fingerprint density at radius 2 is 1.61 bits per heavy atom. The molecule has 0 aromatic heterocycles. The monoisotopic (exact) mass is 459 g/mol. The number of rotatable bonds is 11. The van der Waals surface area contributed by atoms with Gasteiger partial charge in [-0.2, -0.15) is 0 Å². The number of ether oxygens (including phenoxy) is 1. The Hall–Kier alpha value is -0.0800. The van der Waals surface area contributed by atoms with Crippen molar-refractivity contribution in [1.82, 2.24) is 5.32 Å². The molecule has 0 bridgehead atoms. The Labute approximate surface area is 206 Å². The summed E-state index contributed by atoms with van der Waals surface area (Å²) in [5, 5.41) is 3.61. The summed E-state index contributed by atoms with van der Waals surface area (Å²) in [6.45, 7) is 12.3. The van der Waals surface area contributed by atoms with Crippen LogP contribution < -0.4 is 5.32 Å². The standard InChI is InChI=1S/C31H57NO/c1-6-7-8-9-20-33-21-10-11-23(2)27-14-15-28-26-13-12-24-22-25(32-5)16-18-30(24,3)29(26)17-19-31(27,28)4/h23-29,32H,6-22H2,1-5H3/t23-,24-,25+,26?,27-,28?,29?,30+,31-/m1/s1. The van der Waals surface area contributed by atoms with E-state index in [-0.39, 0.29) is 0 Å². The molecule has 2 nitrogen and oxygen atoms in total. The third-order valence-corrected chi connectivity index (χ3v) is 11.9. The summed E-state index contributed by atoms with van der Waals surface area (Å²) in [6.07, 6.45) is 21.4. The van der Waals surface area contributed by atoms with E-state index in [1.165, 1.54) is 96.3 Å². The lowest BCUT2D eigenvalue weighted by Crippen LogP contribution is -2.55. The smallest absolute Gasteiger partial charge is 0.0466 e. The minimum Gasteiger partial charge on any atom is -0.381 e. The van der Waals surface area contributed by atoms with Crippen LogP contribution in [0.15, 0.2) is 0 Å². The number of nitrogens with one attached hydrogen (secondary N) is 1. The van der Waals surface area contributed by atoms with Crippen LogP contribution in [0.2, 0.25) is 0 Å². The lowest BCUT2D eigenvalue weighted by Gasteiger charge is -2.61. The summed E-state index contributed by atoms with van der Waals surface area (Å²) in [5.41, 5.74) is 1.25. The van der Waals surface area contributed by atoms with Crippen molar-refractivity contribution >= 4 is 0 Å². The van der Waals surface area contributed by atoms with E-state index < -0.39 is 0 Å². The van der Waals surface area contributed by atoms with Crippen LogP contribution in [-0.2, 0) is 4.74 Å². The van der Waals surface area contributed by atoms with Crippen LogP contribution in [-0.4, -0.2) is 26.3 Å². The van der Waals surface area contributed by atoms with Crippen molar-refractivity contribution in [2.24, 2.45) is 46.3 Å². The molecule has 2 heteroatoms. The van der Waals surface area contributed by atoms with Crippen molar-refractivity contribution in [1.29, 1.82) is 0 Å². The minimum absolute atomic E-state index is 0.618. The molecule has 3 unspecified atom stereocenters. The van der Waals surface area contributed by atoms with Gasteiger partial charge in [0, 0.05) is 19.3 Å². The zero-order chi connectivity index (χ0) is 23.5. The van der Waals surface area contributed by atoms with Gasteiger partial charge in [-0.05, 0) is 130 Å². The molecular formula is C31H57NO. The van der Waals surface area contributed by atoms with Gasteiger partial charge in [0.15, 0.2) is 0 Å². The molecule has 0 aliphatic heterocycles. The maximum absolute atomic E-state index is 5.97. The Kier molecular flexibility index (Phi) is 8.92. The molecule has 0 spiro atoms. The van der Waals surface area contributed by atoms with Gasteiger partial charge < -0.3 is 10.1 Å². The van der Waals surface area contributed by atoms with Gasteiger partial charge in [-0.15, -0.1) is 0 Å². The van der Waals surface area contributed by atoms with Crippen LogP contribution in [0.3, 0.4) is 0 Å². The van der Waals surface area contributed by atoms with Crippen molar-refractivity contribution in [2.45, 2.75) is 130 Å². The van der Waals surface area contributed by atoms with Gasteiger partial charge in [-0.1, -0.05) is 47.0 Å². The van der Waals surface area contributed by atoms with E-state index in [9.17, 15) is 0 Å². The van der Waals surface area contributed by atoms with Gasteiger partial charge in [0.2, 0.25) is 0 Å². The summed E-state index contributed by atoms with van der Waals surface area (Å²) >= 11 is 0. The minimum atomic E-state index is 0.618. The predicted molar refractivity (Wildman–Crippen MR) is 141 cm³/mol. The molecule has 33 heavy (non-hydrogen) atoms. The number of hydrogen-bond acceptors (Lipinski definition) is 2. The quantitative estimate of drug-likeness (QED) is 0.314. The number of fused-ring (bicyclic) bond motifs is 5. The van der Waals surface area contributed by atoms with Crippen LogP contribution in [0.4, 0.5) is 0 Å². The summed E-state index contributed by atoms with van der Waals surface area (Å²) in [6, 6.07) is 0.783. The maximum atomic E-state index is 5.97. The van der Waals surface area contributed by atoms with Crippen molar-refractivity contribution in [3.63, 3.8) is 0 Å². The van der Waals surface area contributed by atoms with E-state index in [1.807, 2.05) is 0 Å². The first-order valence-electron chi connectivity index (χ1n) is 15.2. The molecule has 1 N–H and O–H groups in total. The third-order valence-electron chi connectivity index (χ3n) is 11.9. The summed E-state index contributed by atoms with van der Waals surface area (Å²) in [5.74, 6) is 5.87. The second-order valence-electron chi connectivity index (χ2n) is 13.4. The van der Waals surface area contributed by atoms with E-state index in [1.54, 1.807) is 0 Å². The van der Waals surface area contributed by atoms with E-state index >= 15 is 0 Å². The van der Waals surface area contributed by atoms with Gasteiger partial charge in [-0.3, -0.25) is 0 Å². The fourth-order valence-corrected chi connectivity index (χ4v) is 9.94. The lowest BCUT2D eigenvalue weighted by atomic mass is 9.44. The van der Waals surface area contributed by atoms with Crippen LogP contribution >= 0.6 is 0 Å². The largest absolute Gasteiger partial charge is 0.381 e. The highest BCUT2D eigenvalue weighted by molar-refractivity contribution is 5.10.